The van der Waals surface area contributed by atoms with Gasteiger partial charge >= 0.3 is 6.18 Å². The van der Waals surface area contributed by atoms with Crippen LogP contribution in [0.25, 0.3) is 0 Å². The van der Waals surface area contributed by atoms with Crippen molar-refractivity contribution in [2.45, 2.75) is 12.1 Å². The van der Waals surface area contributed by atoms with E-state index in [1.54, 1.807) is 6.07 Å². The third kappa shape index (κ3) is 2.80. The van der Waals surface area contributed by atoms with Gasteiger partial charge in [-0.25, -0.2) is 9.97 Å². The van der Waals surface area contributed by atoms with Crippen molar-refractivity contribution >= 4 is 11.6 Å². The standard InChI is InChI=1S/C8H5ClF3N3/c9-3-5(4-13)7-14-2-1-6(15-7)8(10,11)12/h1-2,5H,3H2. The molecule has 0 fully saturated rings. The molecule has 1 aromatic heterocycles. The zero-order chi connectivity index (χ0) is 11.5. The minimum Gasteiger partial charge on any atom is -0.240 e. The maximum atomic E-state index is 12.2. The van der Waals surface area contributed by atoms with E-state index in [1.807, 2.05) is 0 Å². The van der Waals surface area contributed by atoms with Crippen molar-refractivity contribution in [3.8, 4) is 6.07 Å². The molecule has 0 spiro atoms. The monoisotopic (exact) mass is 235 g/mol. The molecule has 80 valence electrons. The van der Waals surface area contributed by atoms with Gasteiger partial charge in [0.15, 0.2) is 0 Å². The van der Waals surface area contributed by atoms with Crippen LogP contribution in [0.15, 0.2) is 12.3 Å². The average Bonchev–Trinajstić information content (AvgIpc) is 2.19. The first-order valence-corrected chi connectivity index (χ1v) is 4.38. The Morgan fingerprint density at radius 2 is 2.20 bits per heavy atom. The maximum absolute atomic E-state index is 12.2. The van der Waals surface area contributed by atoms with Gasteiger partial charge < -0.3 is 0 Å². The van der Waals surface area contributed by atoms with Crippen LogP contribution in [0.3, 0.4) is 0 Å². The Bertz CT molecular complexity index is 385. The largest absolute Gasteiger partial charge is 0.433 e. The van der Waals surface area contributed by atoms with E-state index in [0.717, 1.165) is 12.3 Å². The zero-order valence-electron chi connectivity index (χ0n) is 7.29. The molecule has 0 N–H and O–H groups in total. The van der Waals surface area contributed by atoms with Crippen LogP contribution in [0.4, 0.5) is 13.2 Å². The van der Waals surface area contributed by atoms with Gasteiger partial charge in [0.25, 0.3) is 0 Å². The first-order chi connectivity index (χ1) is 6.99. The van der Waals surface area contributed by atoms with E-state index in [2.05, 4.69) is 9.97 Å². The second-order valence-corrected chi connectivity index (χ2v) is 2.94. The summed E-state index contributed by atoms with van der Waals surface area (Å²) in [5, 5.41) is 8.58. The van der Waals surface area contributed by atoms with Crippen LogP contribution in [0.1, 0.15) is 17.4 Å². The summed E-state index contributed by atoms with van der Waals surface area (Å²) in [7, 11) is 0. The number of nitrogens with zero attached hydrogens (tertiary/aromatic N) is 3. The van der Waals surface area contributed by atoms with Gasteiger partial charge in [0, 0.05) is 12.1 Å². The van der Waals surface area contributed by atoms with Gasteiger partial charge in [-0.1, -0.05) is 0 Å². The highest BCUT2D eigenvalue weighted by Gasteiger charge is 2.33. The highest BCUT2D eigenvalue weighted by atomic mass is 35.5. The molecule has 1 heterocycles. The van der Waals surface area contributed by atoms with Crippen molar-refractivity contribution in [2.75, 3.05) is 5.88 Å². The van der Waals surface area contributed by atoms with Crippen LogP contribution >= 0.6 is 11.6 Å². The van der Waals surface area contributed by atoms with Crippen molar-refractivity contribution < 1.29 is 13.2 Å². The summed E-state index contributed by atoms with van der Waals surface area (Å²) in [5.74, 6) is -1.27. The van der Waals surface area contributed by atoms with E-state index in [0.29, 0.717) is 0 Å². The smallest absolute Gasteiger partial charge is 0.240 e. The van der Waals surface area contributed by atoms with Crippen molar-refractivity contribution in [1.82, 2.24) is 9.97 Å². The Balaban J connectivity index is 3.09. The van der Waals surface area contributed by atoms with E-state index in [1.165, 1.54) is 0 Å². The van der Waals surface area contributed by atoms with Gasteiger partial charge in [0.1, 0.15) is 17.4 Å². The molecule has 1 aromatic rings. The highest BCUT2D eigenvalue weighted by Crippen LogP contribution is 2.27. The summed E-state index contributed by atoms with van der Waals surface area (Å²) < 4.78 is 36.7. The molecule has 0 aromatic carbocycles. The van der Waals surface area contributed by atoms with E-state index >= 15 is 0 Å². The highest BCUT2D eigenvalue weighted by molar-refractivity contribution is 6.18. The second kappa shape index (κ2) is 4.45. The molecule has 0 bridgehead atoms. The molecular weight excluding hydrogens is 231 g/mol. The normalized spacial score (nSPS) is 13.3. The minimum atomic E-state index is -4.54. The van der Waals surface area contributed by atoms with Gasteiger partial charge in [-0.15, -0.1) is 11.6 Å². The first kappa shape index (κ1) is 11.7. The number of aromatic nitrogens is 2. The number of nitriles is 1. The zero-order valence-corrected chi connectivity index (χ0v) is 8.05. The molecular formula is C8H5ClF3N3. The molecule has 1 atom stereocenters. The summed E-state index contributed by atoms with van der Waals surface area (Å²) in [6, 6.07) is 2.46. The third-order valence-electron chi connectivity index (χ3n) is 1.59. The second-order valence-electron chi connectivity index (χ2n) is 2.63. The van der Waals surface area contributed by atoms with Crippen molar-refractivity contribution in [1.29, 1.82) is 5.26 Å². The number of halogens is 4. The van der Waals surface area contributed by atoms with Crippen LogP contribution in [0.2, 0.25) is 0 Å². The molecule has 0 radical (unpaired) electrons. The SMILES string of the molecule is N#CC(CCl)c1nccc(C(F)(F)F)n1. The number of hydrogen-bond acceptors (Lipinski definition) is 3. The minimum absolute atomic E-state index is 0.141. The van der Waals surface area contributed by atoms with Crippen LogP contribution in [0.5, 0.6) is 0 Å². The van der Waals surface area contributed by atoms with E-state index in [9.17, 15) is 13.2 Å². The molecule has 0 saturated carbocycles. The maximum Gasteiger partial charge on any atom is 0.433 e. The molecule has 3 nitrogen and oxygen atoms in total. The van der Waals surface area contributed by atoms with Crippen molar-refractivity contribution in [2.24, 2.45) is 0 Å². The molecule has 15 heavy (non-hydrogen) atoms. The Labute approximate surface area is 88.5 Å². The molecule has 1 unspecified atom stereocenters. The Morgan fingerprint density at radius 1 is 1.53 bits per heavy atom. The average molecular weight is 236 g/mol. The van der Waals surface area contributed by atoms with Gasteiger partial charge in [0.05, 0.1) is 6.07 Å². The van der Waals surface area contributed by atoms with Crippen LogP contribution in [-0.4, -0.2) is 15.8 Å². The van der Waals surface area contributed by atoms with E-state index < -0.39 is 17.8 Å². The number of alkyl halides is 4. The van der Waals surface area contributed by atoms with Crippen LogP contribution < -0.4 is 0 Å². The third-order valence-corrected chi connectivity index (χ3v) is 1.90. The van der Waals surface area contributed by atoms with E-state index in [4.69, 9.17) is 16.9 Å². The topological polar surface area (TPSA) is 49.6 Å². The Hall–Kier alpha value is -1.35. The van der Waals surface area contributed by atoms with Crippen molar-refractivity contribution in [3.05, 3.63) is 23.8 Å². The molecule has 7 heteroatoms. The quantitative estimate of drug-likeness (QED) is 0.740. The molecule has 0 amide bonds. The predicted molar refractivity (Wildman–Crippen MR) is 46.1 cm³/mol. The van der Waals surface area contributed by atoms with Gasteiger partial charge in [-0.2, -0.15) is 18.4 Å². The summed E-state index contributed by atoms with van der Waals surface area (Å²) >= 11 is 5.39. The lowest BCUT2D eigenvalue weighted by Gasteiger charge is -2.08. The number of hydrogen-bond donors (Lipinski definition) is 0. The van der Waals surface area contributed by atoms with Crippen LogP contribution in [-0.2, 0) is 6.18 Å². The Morgan fingerprint density at radius 3 is 2.67 bits per heavy atom. The molecule has 0 saturated heterocycles. The fraction of sp³-hybridized carbons (Fsp3) is 0.375. The summed E-state index contributed by atoms with van der Waals surface area (Å²) in [5.41, 5.74) is -1.07. The summed E-state index contributed by atoms with van der Waals surface area (Å²) in [6.07, 6.45) is -3.58. The van der Waals surface area contributed by atoms with Gasteiger partial charge in [-0.05, 0) is 6.07 Å². The Kier molecular flexibility index (Phi) is 3.48. The summed E-state index contributed by atoms with van der Waals surface area (Å²) in [6.45, 7) is 0. The van der Waals surface area contributed by atoms with Gasteiger partial charge in [-0.3, -0.25) is 0 Å². The first-order valence-electron chi connectivity index (χ1n) is 3.84. The lowest BCUT2D eigenvalue weighted by Crippen LogP contribution is -2.12. The number of rotatable bonds is 2. The van der Waals surface area contributed by atoms with Crippen molar-refractivity contribution in [3.63, 3.8) is 0 Å². The predicted octanol–water partition coefficient (Wildman–Crippen LogP) is 2.34. The lowest BCUT2D eigenvalue weighted by atomic mass is 10.2. The van der Waals surface area contributed by atoms with Crippen LogP contribution in [0, 0.1) is 11.3 Å². The molecule has 0 aliphatic heterocycles. The lowest BCUT2D eigenvalue weighted by molar-refractivity contribution is -0.141. The fourth-order valence-corrected chi connectivity index (χ4v) is 1.07. The van der Waals surface area contributed by atoms with Gasteiger partial charge in [0.2, 0.25) is 0 Å². The molecule has 1 rings (SSSR count). The van der Waals surface area contributed by atoms with E-state index in [-0.39, 0.29) is 11.7 Å². The molecule has 0 aliphatic carbocycles. The molecule has 0 aliphatic rings. The summed E-state index contributed by atoms with van der Waals surface area (Å²) in [4.78, 5) is 6.82. The fourth-order valence-electron chi connectivity index (χ4n) is 0.861.